The third-order valence-corrected chi connectivity index (χ3v) is 6.37. The lowest BCUT2D eigenvalue weighted by atomic mass is 9.75. The van der Waals surface area contributed by atoms with Crippen LogP contribution in [-0.2, 0) is 0 Å². The second-order valence-corrected chi connectivity index (χ2v) is 7.46. The maximum absolute atomic E-state index is 2.58. The average Bonchev–Trinajstić information content (AvgIpc) is 3.09. The van der Waals surface area contributed by atoms with Crippen LogP contribution in [0.3, 0.4) is 0 Å². The lowest BCUT2D eigenvalue weighted by Gasteiger charge is -2.30. The van der Waals surface area contributed by atoms with Crippen molar-refractivity contribution < 1.29 is 0 Å². The molecule has 0 aromatic rings. The summed E-state index contributed by atoms with van der Waals surface area (Å²) in [6, 6.07) is 0. The van der Waals surface area contributed by atoms with E-state index < -0.39 is 0 Å². The Kier molecular flexibility index (Phi) is 3.58. The third kappa shape index (κ3) is 2.32. The van der Waals surface area contributed by atoms with Crippen LogP contribution in [0.4, 0.5) is 0 Å². The van der Waals surface area contributed by atoms with E-state index in [4.69, 9.17) is 0 Å². The van der Waals surface area contributed by atoms with Gasteiger partial charge in [0.25, 0.3) is 0 Å². The van der Waals surface area contributed by atoms with Gasteiger partial charge < -0.3 is 0 Å². The Bertz CT molecular complexity index is 451. The molecule has 4 aliphatic carbocycles. The van der Waals surface area contributed by atoms with Crippen LogP contribution >= 0.6 is 0 Å². The van der Waals surface area contributed by atoms with Crippen molar-refractivity contribution in [2.45, 2.75) is 64.2 Å². The molecule has 0 aliphatic heterocycles. The minimum Gasteiger partial charge on any atom is -0.0848 e. The van der Waals surface area contributed by atoms with Gasteiger partial charge in [0.2, 0.25) is 0 Å². The Morgan fingerprint density at radius 2 is 1.75 bits per heavy atom. The molecule has 0 bridgehead atoms. The normalized spacial score (nSPS) is 39.2. The Labute approximate surface area is 124 Å². The molecule has 4 unspecified atom stereocenters. The van der Waals surface area contributed by atoms with E-state index >= 15 is 0 Å². The first-order chi connectivity index (χ1) is 9.92. The second kappa shape index (κ2) is 5.54. The number of hydrogen-bond donors (Lipinski definition) is 0. The highest BCUT2D eigenvalue weighted by molar-refractivity contribution is 5.38. The van der Waals surface area contributed by atoms with E-state index in [2.05, 4.69) is 24.3 Å². The predicted octanol–water partition coefficient (Wildman–Crippen LogP) is 5.82. The van der Waals surface area contributed by atoms with Crippen molar-refractivity contribution in [2.75, 3.05) is 0 Å². The summed E-state index contributed by atoms with van der Waals surface area (Å²) in [6.07, 6.45) is 24.5. The van der Waals surface area contributed by atoms with E-state index in [9.17, 15) is 0 Å². The zero-order valence-electron chi connectivity index (χ0n) is 12.7. The highest BCUT2D eigenvalue weighted by atomic mass is 14.4. The summed E-state index contributed by atoms with van der Waals surface area (Å²) in [6.45, 7) is 0. The molecule has 0 radical (unpaired) electrons. The van der Waals surface area contributed by atoms with Crippen LogP contribution in [0.1, 0.15) is 64.2 Å². The summed E-state index contributed by atoms with van der Waals surface area (Å²) >= 11 is 0. The zero-order chi connectivity index (χ0) is 13.4. The lowest BCUT2D eigenvalue weighted by molar-refractivity contribution is 0.234. The Morgan fingerprint density at radius 1 is 0.850 bits per heavy atom. The van der Waals surface area contributed by atoms with E-state index in [1.54, 1.807) is 5.57 Å². The van der Waals surface area contributed by atoms with Gasteiger partial charge in [-0.05, 0) is 80.6 Å². The molecule has 0 N–H and O–H groups in total. The fraction of sp³-hybridized carbons (Fsp3) is 0.700. The minimum atomic E-state index is 0.807. The standard InChI is InChI=1S/C20H28/c1-3-7-19-15(5-1)9-11-17(19)13-14-18-12-10-16-6-2-4-8-20(16)18/h9-12,15,17-19H,1-8,13-14H2. The molecule has 0 spiro atoms. The Hall–Kier alpha value is -0.780. The summed E-state index contributed by atoms with van der Waals surface area (Å²) in [5, 5.41) is 0. The van der Waals surface area contributed by atoms with Gasteiger partial charge in [-0.2, -0.15) is 0 Å². The predicted molar refractivity (Wildman–Crippen MR) is 85.4 cm³/mol. The minimum absolute atomic E-state index is 0.807. The van der Waals surface area contributed by atoms with Crippen LogP contribution in [0.2, 0.25) is 0 Å². The van der Waals surface area contributed by atoms with Gasteiger partial charge in [-0.1, -0.05) is 42.7 Å². The molecular weight excluding hydrogens is 240 g/mol. The summed E-state index contributed by atoms with van der Waals surface area (Å²) in [5.41, 5.74) is 3.53. The molecule has 0 aromatic heterocycles. The summed E-state index contributed by atoms with van der Waals surface area (Å²) in [5.74, 6) is 3.66. The van der Waals surface area contributed by atoms with Crippen LogP contribution in [0.15, 0.2) is 35.5 Å². The smallest absolute Gasteiger partial charge is 0.00140 e. The van der Waals surface area contributed by atoms with Crippen LogP contribution < -0.4 is 0 Å². The van der Waals surface area contributed by atoms with Crippen molar-refractivity contribution in [2.24, 2.45) is 23.7 Å². The lowest BCUT2D eigenvalue weighted by Crippen LogP contribution is -2.20. The molecule has 0 heterocycles. The summed E-state index contributed by atoms with van der Waals surface area (Å²) in [4.78, 5) is 0. The van der Waals surface area contributed by atoms with E-state index in [0.29, 0.717) is 0 Å². The van der Waals surface area contributed by atoms with Crippen LogP contribution in [0.5, 0.6) is 0 Å². The fourth-order valence-electron chi connectivity index (χ4n) is 5.25. The molecule has 4 aliphatic rings. The van der Waals surface area contributed by atoms with Gasteiger partial charge in [-0.25, -0.2) is 0 Å². The van der Waals surface area contributed by atoms with Crippen molar-refractivity contribution in [3.05, 3.63) is 35.5 Å². The average molecular weight is 268 g/mol. The van der Waals surface area contributed by atoms with Gasteiger partial charge >= 0.3 is 0 Å². The van der Waals surface area contributed by atoms with Crippen molar-refractivity contribution in [3.63, 3.8) is 0 Å². The molecule has 0 nitrogen and oxygen atoms in total. The van der Waals surface area contributed by atoms with Crippen molar-refractivity contribution >= 4 is 0 Å². The molecule has 0 aromatic carbocycles. The molecule has 0 saturated heterocycles. The third-order valence-electron chi connectivity index (χ3n) is 6.37. The van der Waals surface area contributed by atoms with Gasteiger partial charge in [0.1, 0.15) is 0 Å². The first kappa shape index (κ1) is 12.9. The molecule has 4 rings (SSSR count). The number of allylic oxidation sites excluding steroid dienone is 6. The molecule has 0 heteroatoms. The molecule has 108 valence electrons. The molecule has 1 fully saturated rings. The molecule has 20 heavy (non-hydrogen) atoms. The van der Waals surface area contributed by atoms with Crippen LogP contribution in [0, 0.1) is 23.7 Å². The molecule has 4 atom stereocenters. The largest absolute Gasteiger partial charge is 0.0848 e. The van der Waals surface area contributed by atoms with Crippen molar-refractivity contribution in [1.29, 1.82) is 0 Å². The van der Waals surface area contributed by atoms with Gasteiger partial charge in [-0.3, -0.25) is 0 Å². The highest BCUT2D eigenvalue weighted by Gasteiger charge is 2.33. The number of rotatable bonds is 3. The van der Waals surface area contributed by atoms with Crippen molar-refractivity contribution in [3.8, 4) is 0 Å². The van der Waals surface area contributed by atoms with Crippen molar-refractivity contribution in [1.82, 2.24) is 0 Å². The van der Waals surface area contributed by atoms with Gasteiger partial charge in [0.05, 0.1) is 0 Å². The number of fused-ring (bicyclic) bond motifs is 1. The van der Waals surface area contributed by atoms with E-state index in [1.807, 2.05) is 5.57 Å². The number of hydrogen-bond acceptors (Lipinski definition) is 0. The maximum atomic E-state index is 2.58. The Balaban J connectivity index is 1.36. The first-order valence-corrected chi connectivity index (χ1v) is 9.00. The maximum Gasteiger partial charge on any atom is -0.00140 e. The topological polar surface area (TPSA) is 0 Å². The molecule has 1 saturated carbocycles. The second-order valence-electron chi connectivity index (χ2n) is 7.46. The highest BCUT2D eigenvalue weighted by Crippen LogP contribution is 2.45. The van der Waals surface area contributed by atoms with Gasteiger partial charge in [0.15, 0.2) is 0 Å². The van der Waals surface area contributed by atoms with Crippen LogP contribution in [-0.4, -0.2) is 0 Å². The van der Waals surface area contributed by atoms with Crippen LogP contribution in [0.25, 0.3) is 0 Å². The SMILES string of the molecule is C1=CC(CCC2C=CC3CCCCC32)C2=C1CCCC2. The molecular formula is C20H28. The van der Waals surface area contributed by atoms with Gasteiger partial charge in [-0.15, -0.1) is 0 Å². The zero-order valence-corrected chi connectivity index (χ0v) is 12.7. The monoisotopic (exact) mass is 268 g/mol. The van der Waals surface area contributed by atoms with E-state index in [0.717, 1.165) is 23.7 Å². The summed E-state index contributed by atoms with van der Waals surface area (Å²) < 4.78 is 0. The summed E-state index contributed by atoms with van der Waals surface area (Å²) in [7, 11) is 0. The van der Waals surface area contributed by atoms with E-state index in [-0.39, 0.29) is 0 Å². The quantitative estimate of drug-likeness (QED) is 0.566. The Morgan fingerprint density at radius 3 is 2.75 bits per heavy atom. The fourth-order valence-corrected chi connectivity index (χ4v) is 5.25. The molecule has 0 amide bonds. The van der Waals surface area contributed by atoms with Gasteiger partial charge in [0, 0.05) is 0 Å². The van der Waals surface area contributed by atoms with E-state index in [1.165, 1.54) is 64.2 Å². The first-order valence-electron chi connectivity index (χ1n) is 9.00.